The molecule has 0 aliphatic carbocycles. The molecule has 0 fully saturated rings. The highest BCUT2D eigenvalue weighted by atomic mass is 16.1. The van der Waals surface area contributed by atoms with Gasteiger partial charge in [0, 0.05) is 29.7 Å². The van der Waals surface area contributed by atoms with Crippen LogP contribution in [0.15, 0.2) is 73.2 Å². The summed E-state index contributed by atoms with van der Waals surface area (Å²) >= 11 is 0. The first-order valence-corrected chi connectivity index (χ1v) is 11.0. The van der Waals surface area contributed by atoms with Gasteiger partial charge in [0.25, 0.3) is 5.91 Å². The Kier molecular flexibility index (Phi) is 4.77. The van der Waals surface area contributed by atoms with Gasteiger partial charge in [0.1, 0.15) is 5.82 Å². The Balaban J connectivity index is 1.37. The molecule has 172 valence electrons. The number of carbonyl (C=O) groups excluding carboxylic acids is 1. The van der Waals surface area contributed by atoms with Gasteiger partial charge in [-0.3, -0.25) is 14.6 Å². The standard InChI is InChI=1S/C25H21N9O/c1-15-6-9-21-19(10-15)24(28-18-7-8-20-16(11-18)12-26-31-20)32-34(21)23-5-3-4-22(29-23)30-25(35)17-13-27-33(2)14-17/h3-14H,1-2H3,(H,26,31)(H,28,32)(H,29,30,35). The van der Waals surface area contributed by atoms with E-state index in [-0.39, 0.29) is 5.91 Å². The molecule has 6 aromatic rings. The molecule has 10 heteroatoms. The van der Waals surface area contributed by atoms with E-state index in [0.29, 0.717) is 23.0 Å². The van der Waals surface area contributed by atoms with Gasteiger partial charge in [-0.1, -0.05) is 17.7 Å². The van der Waals surface area contributed by atoms with Crippen LogP contribution in [-0.2, 0) is 7.05 Å². The Hall–Kier alpha value is -4.99. The molecule has 2 aromatic carbocycles. The number of hydrogen-bond acceptors (Lipinski definition) is 6. The van der Waals surface area contributed by atoms with Gasteiger partial charge in [-0.2, -0.15) is 10.2 Å². The smallest absolute Gasteiger partial charge is 0.260 e. The Labute approximate surface area is 199 Å². The van der Waals surface area contributed by atoms with E-state index in [2.05, 4.69) is 37.0 Å². The van der Waals surface area contributed by atoms with Crippen LogP contribution in [0.5, 0.6) is 0 Å². The van der Waals surface area contributed by atoms with E-state index < -0.39 is 0 Å². The van der Waals surface area contributed by atoms with E-state index in [1.54, 1.807) is 34.9 Å². The fraction of sp³-hybridized carbons (Fsp3) is 0.0800. The zero-order valence-corrected chi connectivity index (χ0v) is 19.0. The predicted octanol–water partition coefficient (Wildman–Crippen LogP) is 4.33. The fourth-order valence-corrected chi connectivity index (χ4v) is 3.99. The second kappa shape index (κ2) is 8.10. The average Bonchev–Trinajstić information content (AvgIpc) is 3.58. The molecule has 0 aliphatic heterocycles. The number of nitrogens with zero attached hydrogens (tertiary/aromatic N) is 6. The van der Waals surface area contributed by atoms with Gasteiger partial charge in [-0.15, -0.1) is 5.10 Å². The third-order valence-electron chi connectivity index (χ3n) is 5.70. The van der Waals surface area contributed by atoms with Crippen molar-refractivity contribution in [2.75, 3.05) is 10.6 Å². The Morgan fingerprint density at radius 3 is 2.83 bits per heavy atom. The number of hydrogen-bond donors (Lipinski definition) is 3. The Morgan fingerprint density at radius 1 is 1.06 bits per heavy atom. The van der Waals surface area contributed by atoms with Crippen molar-refractivity contribution in [1.29, 1.82) is 0 Å². The maximum atomic E-state index is 12.6. The minimum absolute atomic E-state index is 0.277. The first-order valence-electron chi connectivity index (χ1n) is 11.0. The van der Waals surface area contributed by atoms with E-state index in [1.807, 2.05) is 49.4 Å². The lowest BCUT2D eigenvalue weighted by molar-refractivity contribution is 0.102. The first-order chi connectivity index (χ1) is 17.0. The van der Waals surface area contributed by atoms with Crippen LogP contribution < -0.4 is 10.6 Å². The molecule has 0 aliphatic rings. The summed E-state index contributed by atoms with van der Waals surface area (Å²) in [5, 5.41) is 24.2. The summed E-state index contributed by atoms with van der Waals surface area (Å²) in [6, 6.07) is 17.6. The number of pyridine rings is 1. The van der Waals surface area contributed by atoms with Crippen LogP contribution in [0.25, 0.3) is 27.6 Å². The summed E-state index contributed by atoms with van der Waals surface area (Å²) in [4.78, 5) is 17.2. The van der Waals surface area contributed by atoms with Gasteiger partial charge in [0.2, 0.25) is 0 Å². The van der Waals surface area contributed by atoms with Crippen LogP contribution in [0.4, 0.5) is 17.3 Å². The Morgan fingerprint density at radius 2 is 1.97 bits per heavy atom. The minimum Gasteiger partial charge on any atom is -0.338 e. The summed E-state index contributed by atoms with van der Waals surface area (Å²) in [5.74, 6) is 1.44. The third-order valence-corrected chi connectivity index (χ3v) is 5.70. The van der Waals surface area contributed by atoms with E-state index in [0.717, 1.165) is 33.1 Å². The van der Waals surface area contributed by atoms with Gasteiger partial charge in [-0.05, 0) is 49.4 Å². The molecule has 0 spiro atoms. The van der Waals surface area contributed by atoms with Gasteiger partial charge in [0.15, 0.2) is 11.6 Å². The number of H-pyrrole nitrogens is 1. The van der Waals surface area contributed by atoms with Crippen molar-refractivity contribution in [3.05, 3.63) is 84.3 Å². The summed E-state index contributed by atoms with van der Waals surface area (Å²) in [6.07, 6.45) is 4.96. The molecule has 35 heavy (non-hydrogen) atoms. The fourth-order valence-electron chi connectivity index (χ4n) is 3.99. The molecule has 4 heterocycles. The highest BCUT2D eigenvalue weighted by Gasteiger charge is 2.15. The van der Waals surface area contributed by atoms with E-state index in [1.165, 1.54) is 6.20 Å². The van der Waals surface area contributed by atoms with E-state index >= 15 is 0 Å². The minimum atomic E-state index is -0.277. The zero-order chi connectivity index (χ0) is 23.9. The number of nitrogens with one attached hydrogen (secondary N) is 3. The largest absolute Gasteiger partial charge is 0.338 e. The molecule has 0 saturated heterocycles. The normalized spacial score (nSPS) is 11.3. The SMILES string of the molecule is Cc1ccc2c(c1)c(Nc1ccc3[nH]ncc3c1)nn2-c1cccc(NC(=O)c2cnn(C)c2)n1. The average molecular weight is 464 g/mol. The van der Waals surface area contributed by atoms with Crippen molar-refractivity contribution in [2.45, 2.75) is 6.92 Å². The second-order valence-electron chi connectivity index (χ2n) is 8.32. The van der Waals surface area contributed by atoms with Crippen molar-refractivity contribution in [2.24, 2.45) is 7.05 Å². The molecule has 0 bridgehead atoms. The van der Waals surface area contributed by atoms with Crippen LogP contribution in [0, 0.1) is 6.92 Å². The maximum absolute atomic E-state index is 12.6. The van der Waals surface area contributed by atoms with Crippen molar-refractivity contribution in [3.63, 3.8) is 0 Å². The van der Waals surface area contributed by atoms with Gasteiger partial charge in [-0.25, -0.2) is 9.67 Å². The number of aromatic nitrogens is 7. The van der Waals surface area contributed by atoms with Gasteiger partial charge in [0.05, 0.1) is 29.0 Å². The zero-order valence-electron chi connectivity index (χ0n) is 19.0. The van der Waals surface area contributed by atoms with Crippen molar-refractivity contribution >= 4 is 45.0 Å². The molecule has 0 radical (unpaired) electrons. The molecule has 0 atom stereocenters. The number of aromatic amines is 1. The van der Waals surface area contributed by atoms with Crippen LogP contribution in [0.1, 0.15) is 15.9 Å². The van der Waals surface area contributed by atoms with Crippen LogP contribution >= 0.6 is 0 Å². The lowest BCUT2D eigenvalue weighted by Crippen LogP contribution is -2.13. The van der Waals surface area contributed by atoms with Crippen LogP contribution in [0.3, 0.4) is 0 Å². The second-order valence-corrected chi connectivity index (χ2v) is 8.32. The number of amides is 1. The monoisotopic (exact) mass is 463 g/mol. The lowest BCUT2D eigenvalue weighted by Gasteiger charge is -2.07. The predicted molar refractivity (Wildman–Crippen MR) is 134 cm³/mol. The highest BCUT2D eigenvalue weighted by Crippen LogP contribution is 2.30. The number of rotatable bonds is 5. The summed E-state index contributed by atoms with van der Waals surface area (Å²) in [5.41, 5.74) is 4.34. The summed E-state index contributed by atoms with van der Waals surface area (Å²) in [6.45, 7) is 2.05. The Bertz CT molecular complexity index is 1710. The summed E-state index contributed by atoms with van der Waals surface area (Å²) < 4.78 is 3.35. The number of anilines is 3. The summed E-state index contributed by atoms with van der Waals surface area (Å²) in [7, 11) is 1.76. The molecule has 3 N–H and O–H groups in total. The maximum Gasteiger partial charge on any atom is 0.260 e. The highest BCUT2D eigenvalue weighted by molar-refractivity contribution is 6.03. The van der Waals surface area contributed by atoms with Crippen molar-refractivity contribution in [1.82, 2.24) is 34.7 Å². The number of aryl methyl sites for hydroxylation is 2. The van der Waals surface area contributed by atoms with E-state index in [4.69, 9.17) is 5.10 Å². The lowest BCUT2D eigenvalue weighted by atomic mass is 10.1. The van der Waals surface area contributed by atoms with Crippen LogP contribution in [-0.4, -0.2) is 40.6 Å². The number of benzene rings is 2. The third kappa shape index (κ3) is 3.86. The molecular formula is C25H21N9O. The quantitative estimate of drug-likeness (QED) is 0.350. The number of carbonyl (C=O) groups is 1. The molecule has 1 amide bonds. The molecule has 6 rings (SSSR count). The molecule has 0 unspecified atom stereocenters. The first kappa shape index (κ1) is 20.6. The molecule has 4 aromatic heterocycles. The molecular weight excluding hydrogens is 442 g/mol. The van der Waals surface area contributed by atoms with Crippen molar-refractivity contribution in [3.8, 4) is 5.82 Å². The molecule has 10 nitrogen and oxygen atoms in total. The van der Waals surface area contributed by atoms with Crippen molar-refractivity contribution < 1.29 is 4.79 Å². The topological polar surface area (TPSA) is 118 Å². The van der Waals surface area contributed by atoms with Crippen LogP contribution in [0.2, 0.25) is 0 Å². The van der Waals surface area contributed by atoms with Gasteiger partial charge >= 0.3 is 0 Å². The van der Waals surface area contributed by atoms with E-state index in [9.17, 15) is 4.79 Å². The number of fused-ring (bicyclic) bond motifs is 2. The molecule has 0 saturated carbocycles. The van der Waals surface area contributed by atoms with Gasteiger partial charge < -0.3 is 10.6 Å².